The number of carbonyl (C=O) groups excluding carboxylic acids is 1. The average molecular weight is 314 g/mol. The Morgan fingerprint density at radius 3 is 2.43 bits per heavy atom. The monoisotopic (exact) mass is 314 g/mol. The van der Waals surface area contributed by atoms with Crippen molar-refractivity contribution in [2.24, 2.45) is 0 Å². The summed E-state index contributed by atoms with van der Waals surface area (Å²) in [6, 6.07) is 3.34. The van der Waals surface area contributed by atoms with Gasteiger partial charge in [0, 0.05) is 6.07 Å². The minimum atomic E-state index is -0.704. The van der Waals surface area contributed by atoms with Crippen LogP contribution in [0.3, 0.4) is 0 Å². The molecule has 0 saturated heterocycles. The minimum Gasteiger partial charge on any atom is -0.465 e. The molecule has 1 rings (SSSR count). The summed E-state index contributed by atoms with van der Waals surface area (Å²) in [5.74, 6) is -0.461. The highest BCUT2D eigenvalue weighted by molar-refractivity contribution is 8.00. The van der Waals surface area contributed by atoms with E-state index in [4.69, 9.17) is 4.74 Å². The Morgan fingerprint density at radius 2 is 1.95 bits per heavy atom. The number of hydrogen-bond acceptors (Lipinski definition) is 7. The minimum absolute atomic E-state index is 0.200. The molecule has 0 saturated carbocycles. The summed E-state index contributed by atoms with van der Waals surface area (Å²) in [6.07, 6.45) is 0.428. The standard InChI is InChI=1S/C12H14N2O6S/c1-3-10(12(15)20-4-2)21-11-6-5-8(13(16)17)7-9(11)14(18)19/h5-7,10H,3-4H2,1-2H3. The van der Waals surface area contributed by atoms with Crippen molar-refractivity contribution >= 4 is 29.1 Å². The van der Waals surface area contributed by atoms with Crippen LogP contribution in [0, 0.1) is 20.2 Å². The van der Waals surface area contributed by atoms with Crippen LogP contribution in [0.25, 0.3) is 0 Å². The van der Waals surface area contributed by atoms with Crippen LogP contribution in [0.4, 0.5) is 11.4 Å². The highest BCUT2D eigenvalue weighted by atomic mass is 32.2. The van der Waals surface area contributed by atoms with Gasteiger partial charge in [-0.15, -0.1) is 11.8 Å². The van der Waals surface area contributed by atoms with Gasteiger partial charge in [0.1, 0.15) is 5.25 Å². The molecular weight excluding hydrogens is 300 g/mol. The molecule has 0 fully saturated rings. The van der Waals surface area contributed by atoms with Gasteiger partial charge < -0.3 is 4.74 Å². The van der Waals surface area contributed by atoms with Gasteiger partial charge in [0.05, 0.1) is 27.4 Å². The summed E-state index contributed by atoms with van der Waals surface area (Å²) in [7, 11) is 0. The summed E-state index contributed by atoms with van der Waals surface area (Å²) < 4.78 is 4.89. The number of nitro benzene ring substituents is 2. The molecule has 1 aromatic rings. The number of rotatable bonds is 7. The summed E-state index contributed by atoms with van der Waals surface area (Å²) in [5.41, 5.74) is -0.757. The Hall–Kier alpha value is -2.16. The average Bonchev–Trinajstić information content (AvgIpc) is 2.44. The topological polar surface area (TPSA) is 113 Å². The molecule has 0 spiro atoms. The maximum Gasteiger partial charge on any atom is 0.319 e. The summed E-state index contributed by atoms with van der Waals surface area (Å²) in [4.78, 5) is 32.2. The van der Waals surface area contributed by atoms with Crippen LogP contribution in [0.2, 0.25) is 0 Å². The zero-order valence-electron chi connectivity index (χ0n) is 11.5. The van der Waals surface area contributed by atoms with Crippen LogP contribution in [0.5, 0.6) is 0 Å². The second kappa shape index (κ2) is 7.58. The highest BCUT2D eigenvalue weighted by Crippen LogP contribution is 2.36. The fourth-order valence-corrected chi connectivity index (χ4v) is 2.59. The number of esters is 1. The summed E-state index contributed by atoms with van der Waals surface area (Å²) in [6.45, 7) is 3.65. The number of thioether (sulfide) groups is 1. The van der Waals surface area contributed by atoms with Crippen molar-refractivity contribution in [3.8, 4) is 0 Å². The van der Waals surface area contributed by atoms with Crippen molar-refractivity contribution in [3.05, 3.63) is 38.4 Å². The second-order valence-electron chi connectivity index (χ2n) is 3.93. The lowest BCUT2D eigenvalue weighted by Crippen LogP contribution is -2.19. The van der Waals surface area contributed by atoms with E-state index in [0.717, 1.165) is 17.8 Å². The molecule has 9 heteroatoms. The molecule has 1 aromatic carbocycles. The molecule has 0 aliphatic carbocycles. The van der Waals surface area contributed by atoms with Crippen LogP contribution >= 0.6 is 11.8 Å². The quantitative estimate of drug-likeness (QED) is 0.329. The lowest BCUT2D eigenvalue weighted by atomic mass is 10.3. The molecule has 0 N–H and O–H groups in total. The summed E-state index contributed by atoms with van der Waals surface area (Å²) in [5, 5.41) is 21.1. The van der Waals surface area contributed by atoms with Gasteiger partial charge in [-0.3, -0.25) is 25.0 Å². The Morgan fingerprint density at radius 1 is 1.29 bits per heavy atom. The molecule has 1 atom stereocenters. The van der Waals surface area contributed by atoms with E-state index in [9.17, 15) is 25.0 Å². The second-order valence-corrected chi connectivity index (χ2v) is 5.18. The van der Waals surface area contributed by atoms with Gasteiger partial charge in [-0.25, -0.2) is 0 Å². The Labute approximate surface area is 124 Å². The largest absolute Gasteiger partial charge is 0.465 e. The smallest absolute Gasteiger partial charge is 0.319 e. The van der Waals surface area contributed by atoms with Gasteiger partial charge in [-0.1, -0.05) is 6.92 Å². The molecule has 0 amide bonds. The first kappa shape index (κ1) is 16.9. The third kappa shape index (κ3) is 4.42. The lowest BCUT2D eigenvalue weighted by molar-refractivity contribution is -0.396. The normalized spacial score (nSPS) is 11.7. The molecule has 114 valence electrons. The fourth-order valence-electron chi connectivity index (χ4n) is 1.55. The predicted octanol–water partition coefficient (Wildman–Crippen LogP) is 2.94. The van der Waals surface area contributed by atoms with Gasteiger partial charge in [-0.05, 0) is 19.4 Å². The first-order chi connectivity index (χ1) is 9.90. The van der Waals surface area contributed by atoms with Crippen LogP contribution in [0.15, 0.2) is 23.1 Å². The van der Waals surface area contributed by atoms with Crippen LogP contribution in [0.1, 0.15) is 20.3 Å². The number of carbonyl (C=O) groups is 1. The van der Waals surface area contributed by atoms with Crippen LogP contribution in [-0.2, 0) is 9.53 Å². The number of nitro groups is 2. The lowest BCUT2D eigenvalue weighted by Gasteiger charge is -2.13. The van der Waals surface area contributed by atoms with E-state index in [0.29, 0.717) is 6.42 Å². The molecular formula is C12H14N2O6S. The first-order valence-corrected chi connectivity index (χ1v) is 7.04. The zero-order valence-corrected chi connectivity index (χ0v) is 12.3. The van der Waals surface area contributed by atoms with Gasteiger partial charge in [0.25, 0.3) is 11.4 Å². The Balaban J connectivity index is 3.09. The maximum absolute atomic E-state index is 11.7. The van der Waals surface area contributed by atoms with Crippen molar-refractivity contribution in [2.75, 3.05) is 6.61 Å². The maximum atomic E-state index is 11.7. The number of ether oxygens (including phenoxy) is 1. The van der Waals surface area contributed by atoms with Crippen molar-refractivity contribution in [1.82, 2.24) is 0 Å². The number of hydrogen-bond donors (Lipinski definition) is 0. The molecule has 21 heavy (non-hydrogen) atoms. The number of nitrogens with zero attached hydrogens (tertiary/aromatic N) is 2. The molecule has 0 aliphatic rings. The molecule has 0 bridgehead atoms. The molecule has 8 nitrogen and oxygen atoms in total. The van der Waals surface area contributed by atoms with E-state index in [-0.39, 0.29) is 17.2 Å². The van der Waals surface area contributed by atoms with E-state index < -0.39 is 26.8 Å². The van der Waals surface area contributed by atoms with Crippen molar-refractivity contribution in [1.29, 1.82) is 0 Å². The number of benzene rings is 1. The Bertz CT molecular complexity index is 563. The third-order valence-corrected chi connectivity index (χ3v) is 3.95. The Kier molecular flexibility index (Phi) is 6.10. The summed E-state index contributed by atoms with van der Waals surface area (Å²) >= 11 is 0.973. The SMILES string of the molecule is CCOC(=O)C(CC)Sc1ccc([N+](=O)[O-])cc1[N+](=O)[O-]. The van der Waals surface area contributed by atoms with Crippen LogP contribution in [-0.4, -0.2) is 27.7 Å². The van der Waals surface area contributed by atoms with E-state index >= 15 is 0 Å². The van der Waals surface area contributed by atoms with E-state index in [1.54, 1.807) is 13.8 Å². The molecule has 1 unspecified atom stereocenters. The van der Waals surface area contributed by atoms with E-state index in [2.05, 4.69) is 0 Å². The van der Waals surface area contributed by atoms with Gasteiger partial charge in [0.15, 0.2) is 0 Å². The highest BCUT2D eigenvalue weighted by Gasteiger charge is 2.25. The van der Waals surface area contributed by atoms with Crippen molar-refractivity contribution in [2.45, 2.75) is 30.4 Å². The van der Waals surface area contributed by atoms with Crippen molar-refractivity contribution < 1.29 is 19.4 Å². The first-order valence-electron chi connectivity index (χ1n) is 6.16. The third-order valence-electron chi connectivity index (χ3n) is 2.54. The van der Waals surface area contributed by atoms with Gasteiger partial charge in [-0.2, -0.15) is 0 Å². The van der Waals surface area contributed by atoms with E-state index in [1.165, 1.54) is 12.1 Å². The fraction of sp³-hybridized carbons (Fsp3) is 0.417. The van der Waals surface area contributed by atoms with E-state index in [1.807, 2.05) is 0 Å². The van der Waals surface area contributed by atoms with Crippen molar-refractivity contribution in [3.63, 3.8) is 0 Å². The molecule has 0 radical (unpaired) electrons. The molecule has 0 heterocycles. The molecule has 0 aliphatic heterocycles. The zero-order chi connectivity index (χ0) is 16.0. The van der Waals surface area contributed by atoms with Crippen LogP contribution < -0.4 is 0 Å². The number of non-ortho nitro benzene ring substituents is 1. The molecule has 0 aromatic heterocycles. The predicted molar refractivity (Wildman–Crippen MR) is 76.3 cm³/mol. The van der Waals surface area contributed by atoms with Gasteiger partial charge >= 0.3 is 5.97 Å². The van der Waals surface area contributed by atoms with Gasteiger partial charge in [0.2, 0.25) is 0 Å².